The Balaban J connectivity index is 1.40. The molecule has 3 N–H and O–H groups in total. The van der Waals surface area contributed by atoms with Gasteiger partial charge in [0.15, 0.2) is 5.75 Å². The lowest BCUT2D eigenvalue weighted by Gasteiger charge is -2.24. The van der Waals surface area contributed by atoms with Crippen LogP contribution in [0.15, 0.2) is 72.2 Å². The van der Waals surface area contributed by atoms with Gasteiger partial charge in [0.1, 0.15) is 27.9 Å². The van der Waals surface area contributed by atoms with E-state index in [9.17, 15) is 14.4 Å². The first kappa shape index (κ1) is 33.7. The summed E-state index contributed by atoms with van der Waals surface area (Å²) in [6.45, 7) is 6.06. The molecule has 12 nitrogen and oxygen atoms in total. The first-order valence-electron chi connectivity index (χ1n) is 14.9. The zero-order valence-electron chi connectivity index (χ0n) is 27.6. The monoisotopic (exact) mass is 668 g/mol. The number of carbonyl (C=O) groups is 3. The van der Waals surface area contributed by atoms with E-state index in [0.717, 1.165) is 16.3 Å². The Kier molecular flexibility index (Phi) is 9.80. The van der Waals surface area contributed by atoms with Crippen LogP contribution in [0.2, 0.25) is 0 Å². The molecule has 0 atom stereocenters. The largest absolute Gasteiger partial charge is 0.492 e. The number of fused-ring (bicyclic) bond motifs is 1. The highest BCUT2D eigenvalue weighted by Gasteiger charge is 2.22. The van der Waals surface area contributed by atoms with E-state index in [2.05, 4.69) is 25.9 Å². The molecule has 0 fully saturated rings. The number of amides is 4. The van der Waals surface area contributed by atoms with Crippen molar-refractivity contribution >= 4 is 57.2 Å². The lowest BCUT2D eigenvalue weighted by Crippen LogP contribution is -2.22. The Morgan fingerprint density at radius 3 is 2.21 bits per heavy atom. The summed E-state index contributed by atoms with van der Waals surface area (Å²) in [5, 5.41) is 12.3. The van der Waals surface area contributed by atoms with Gasteiger partial charge in [0.25, 0.3) is 5.91 Å². The van der Waals surface area contributed by atoms with Crippen molar-refractivity contribution in [3.05, 3.63) is 83.5 Å². The van der Waals surface area contributed by atoms with Gasteiger partial charge in [-0.1, -0.05) is 45.0 Å². The van der Waals surface area contributed by atoms with Crippen LogP contribution in [0.25, 0.3) is 21.5 Å². The standard InChI is InChI=1S/C35H36N6O6S/c1-35(2,3)20-16-25(30(45-6)26(17-20)40-34(44)46-7)39-33(43)38-24-12-13-29(23-11-9-8-10-22(23)24)47-21-14-15-36-27(18-21)31-37-28(19-48-31)32(42)41(4)5/h8-19H,1-7H3,(H,40,44)(H2,38,39,43). The number of methoxy groups -OCH3 is 2. The Hall–Kier alpha value is -5.69. The lowest BCUT2D eigenvalue weighted by molar-refractivity contribution is 0.0822. The average Bonchev–Trinajstić information content (AvgIpc) is 3.55. The number of benzene rings is 3. The van der Waals surface area contributed by atoms with Crippen molar-refractivity contribution in [2.24, 2.45) is 0 Å². The molecule has 0 spiro atoms. The third-order valence-electron chi connectivity index (χ3n) is 7.27. The summed E-state index contributed by atoms with van der Waals surface area (Å²) >= 11 is 1.33. The number of anilines is 3. The number of nitrogens with zero attached hydrogens (tertiary/aromatic N) is 3. The van der Waals surface area contributed by atoms with Gasteiger partial charge in [-0.25, -0.2) is 14.6 Å². The SMILES string of the molecule is COC(=O)Nc1cc(C(C)(C)C)cc(NC(=O)Nc2ccc(Oc3ccnc(-c4nc(C(=O)N(C)C)cs4)c3)c3ccccc23)c1OC. The van der Waals surface area contributed by atoms with Crippen LogP contribution in [0, 0.1) is 0 Å². The molecular formula is C35H36N6O6S. The van der Waals surface area contributed by atoms with Crippen LogP contribution in [0.1, 0.15) is 36.8 Å². The maximum atomic E-state index is 13.4. The van der Waals surface area contributed by atoms with E-state index in [-0.39, 0.29) is 17.1 Å². The molecular weight excluding hydrogens is 632 g/mol. The first-order valence-corrected chi connectivity index (χ1v) is 15.7. The maximum absolute atomic E-state index is 13.4. The normalized spacial score (nSPS) is 11.1. The number of pyridine rings is 1. The van der Waals surface area contributed by atoms with Crippen LogP contribution in [0.5, 0.6) is 17.2 Å². The van der Waals surface area contributed by atoms with Gasteiger partial charge in [0.2, 0.25) is 0 Å². The van der Waals surface area contributed by atoms with E-state index in [1.54, 1.807) is 56.0 Å². The fourth-order valence-electron chi connectivity index (χ4n) is 4.81. The quantitative estimate of drug-likeness (QED) is 0.151. The van der Waals surface area contributed by atoms with Gasteiger partial charge in [-0.2, -0.15) is 0 Å². The van der Waals surface area contributed by atoms with Crippen molar-refractivity contribution < 1.29 is 28.6 Å². The van der Waals surface area contributed by atoms with Crippen LogP contribution in [-0.4, -0.2) is 61.2 Å². The molecule has 2 heterocycles. The Bertz CT molecular complexity index is 2000. The molecule has 0 saturated carbocycles. The summed E-state index contributed by atoms with van der Waals surface area (Å²) in [6, 6.07) is 17.6. The molecule has 0 aliphatic rings. The smallest absolute Gasteiger partial charge is 0.411 e. The van der Waals surface area contributed by atoms with Gasteiger partial charge in [0, 0.05) is 42.5 Å². The van der Waals surface area contributed by atoms with Crippen molar-refractivity contribution in [3.8, 4) is 28.0 Å². The van der Waals surface area contributed by atoms with E-state index in [0.29, 0.717) is 45.0 Å². The molecule has 4 amide bonds. The number of aromatic nitrogens is 2. The number of thiazole rings is 1. The van der Waals surface area contributed by atoms with Gasteiger partial charge >= 0.3 is 12.1 Å². The van der Waals surface area contributed by atoms with Crippen LogP contribution in [0.4, 0.5) is 26.7 Å². The summed E-state index contributed by atoms with van der Waals surface area (Å²) in [6.07, 6.45) is 0.956. The Labute approximate surface area is 282 Å². The van der Waals surface area contributed by atoms with Crippen LogP contribution in [-0.2, 0) is 10.2 Å². The minimum Gasteiger partial charge on any atom is -0.492 e. The second-order valence-corrected chi connectivity index (χ2v) is 12.8. The molecule has 5 aromatic rings. The number of ether oxygens (including phenoxy) is 3. The van der Waals surface area contributed by atoms with E-state index in [1.165, 1.54) is 30.5 Å². The molecule has 13 heteroatoms. The van der Waals surface area contributed by atoms with E-state index in [4.69, 9.17) is 14.2 Å². The molecule has 5 rings (SSSR count). The lowest BCUT2D eigenvalue weighted by atomic mass is 9.86. The topological polar surface area (TPSA) is 144 Å². The van der Waals surface area contributed by atoms with Gasteiger partial charge in [0.05, 0.1) is 31.3 Å². The number of hydrogen-bond donors (Lipinski definition) is 3. The molecule has 0 aliphatic heterocycles. The number of carbonyl (C=O) groups excluding carboxylic acids is 3. The summed E-state index contributed by atoms with van der Waals surface area (Å²) in [7, 11) is 6.08. The average molecular weight is 669 g/mol. The summed E-state index contributed by atoms with van der Waals surface area (Å²) in [5.74, 6) is 1.18. The van der Waals surface area contributed by atoms with Crippen molar-refractivity contribution in [2.75, 3.05) is 44.3 Å². The minimum atomic E-state index is -0.666. The predicted octanol–water partition coefficient (Wildman–Crippen LogP) is 7.98. The molecule has 2 aromatic heterocycles. The van der Waals surface area contributed by atoms with Crippen LogP contribution in [0.3, 0.4) is 0 Å². The van der Waals surface area contributed by atoms with Crippen molar-refractivity contribution in [2.45, 2.75) is 26.2 Å². The second kappa shape index (κ2) is 14.0. The fourth-order valence-corrected chi connectivity index (χ4v) is 5.57. The van der Waals surface area contributed by atoms with Gasteiger partial charge in [-0.3, -0.25) is 15.1 Å². The third-order valence-corrected chi connectivity index (χ3v) is 8.13. The molecule has 0 saturated heterocycles. The first-order chi connectivity index (χ1) is 22.9. The van der Waals surface area contributed by atoms with Crippen molar-refractivity contribution in [1.82, 2.24) is 14.9 Å². The molecule has 248 valence electrons. The number of nitrogens with one attached hydrogen (secondary N) is 3. The van der Waals surface area contributed by atoms with E-state index >= 15 is 0 Å². The van der Waals surface area contributed by atoms with Crippen molar-refractivity contribution in [1.29, 1.82) is 0 Å². The van der Waals surface area contributed by atoms with Gasteiger partial charge < -0.3 is 29.7 Å². The molecule has 48 heavy (non-hydrogen) atoms. The van der Waals surface area contributed by atoms with Gasteiger partial charge in [-0.05, 0) is 41.3 Å². The predicted molar refractivity (Wildman–Crippen MR) is 188 cm³/mol. The highest BCUT2D eigenvalue weighted by atomic mass is 32.1. The van der Waals surface area contributed by atoms with Gasteiger partial charge in [-0.15, -0.1) is 11.3 Å². The minimum absolute atomic E-state index is 0.184. The van der Waals surface area contributed by atoms with Crippen LogP contribution < -0.4 is 25.4 Å². The zero-order chi connectivity index (χ0) is 34.6. The second-order valence-electron chi connectivity index (χ2n) is 11.9. The highest BCUT2D eigenvalue weighted by Crippen LogP contribution is 2.40. The molecule has 3 aromatic carbocycles. The number of urea groups is 1. The molecule has 0 radical (unpaired) electrons. The maximum Gasteiger partial charge on any atom is 0.411 e. The summed E-state index contributed by atoms with van der Waals surface area (Å²) < 4.78 is 16.7. The molecule has 0 bridgehead atoms. The fraction of sp³-hybridized carbons (Fsp3) is 0.229. The van der Waals surface area contributed by atoms with Crippen LogP contribution >= 0.6 is 11.3 Å². The van der Waals surface area contributed by atoms with E-state index in [1.807, 2.05) is 51.1 Å². The highest BCUT2D eigenvalue weighted by molar-refractivity contribution is 7.13. The zero-order valence-corrected chi connectivity index (χ0v) is 28.4. The summed E-state index contributed by atoms with van der Waals surface area (Å²) in [4.78, 5) is 48.1. The third kappa shape index (κ3) is 7.47. The van der Waals surface area contributed by atoms with E-state index < -0.39 is 12.1 Å². The number of hydrogen-bond acceptors (Lipinski definition) is 9. The number of rotatable bonds is 8. The Morgan fingerprint density at radius 2 is 1.54 bits per heavy atom. The Morgan fingerprint density at radius 1 is 0.854 bits per heavy atom. The van der Waals surface area contributed by atoms with Crippen molar-refractivity contribution in [3.63, 3.8) is 0 Å². The molecule has 0 unspecified atom stereocenters. The molecule has 0 aliphatic carbocycles. The summed E-state index contributed by atoms with van der Waals surface area (Å²) in [5.41, 5.74) is 2.75.